The smallest absolute Gasteiger partial charge is 0.272 e. The van der Waals surface area contributed by atoms with E-state index in [2.05, 4.69) is 22.5 Å². The summed E-state index contributed by atoms with van der Waals surface area (Å²) >= 11 is 0. The van der Waals surface area contributed by atoms with Gasteiger partial charge in [-0.3, -0.25) is 25.2 Å². The zero-order chi connectivity index (χ0) is 19.2. The van der Waals surface area contributed by atoms with Crippen LogP contribution in [-0.4, -0.2) is 45.5 Å². The molecule has 27 heavy (non-hydrogen) atoms. The van der Waals surface area contributed by atoms with Gasteiger partial charge in [0.15, 0.2) is 0 Å². The molecule has 1 aliphatic heterocycles. The van der Waals surface area contributed by atoms with Crippen LogP contribution in [0.5, 0.6) is 0 Å². The van der Waals surface area contributed by atoms with E-state index in [0.29, 0.717) is 31.5 Å². The number of piperidine rings is 1. The van der Waals surface area contributed by atoms with Crippen LogP contribution < -0.4 is 10.9 Å². The minimum absolute atomic E-state index is 0.127. The van der Waals surface area contributed by atoms with E-state index < -0.39 is 5.91 Å². The molecule has 3 amide bonds. The molecule has 140 valence electrons. The lowest BCUT2D eigenvalue weighted by Gasteiger charge is -2.30. The highest BCUT2D eigenvalue weighted by molar-refractivity contribution is 5.95. The Balaban J connectivity index is 1.49. The maximum atomic E-state index is 12.2. The summed E-state index contributed by atoms with van der Waals surface area (Å²) in [6.45, 7) is 4.47. The fourth-order valence-electron chi connectivity index (χ4n) is 2.95. The molecule has 1 aromatic heterocycles. The Morgan fingerprint density at radius 3 is 2.48 bits per heavy atom. The van der Waals surface area contributed by atoms with Gasteiger partial charge < -0.3 is 4.90 Å². The van der Waals surface area contributed by atoms with Gasteiger partial charge in [0.05, 0.1) is 17.4 Å². The first-order valence-corrected chi connectivity index (χ1v) is 8.70. The lowest BCUT2D eigenvalue weighted by Crippen LogP contribution is -2.48. The second-order valence-electron chi connectivity index (χ2n) is 6.26. The first-order chi connectivity index (χ1) is 13.1. The fraction of sp³-hybridized carbons (Fsp3) is 0.263. The molecule has 0 bridgehead atoms. The van der Waals surface area contributed by atoms with Crippen LogP contribution in [0.2, 0.25) is 0 Å². The van der Waals surface area contributed by atoms with E-state index in [-0.39, 0.29) is 17.7 Å². The van der Waals surface area contributed by atoms with Crippen molar-refractivity contribution in [3.8, 4) is 5.69 Å². The number of hydrazine groups is 1. The standard InChI is InChI=1S/C19H21N5O3/c1-2-17(25)23-10-8-14(9-11-23)18(26)21-22-19(27)15-12-20-24(13-15)16-6-4-3-5-7-16/h2-7,12-14H,1,8-11H2,(H,21,26)(H,22,27). The number of carbonyl (C=O) groups excluding carboxylic acids is 3. The molecule has 0 radical (unpaired) electrons. The molecule has 8 heteroatoms. The van der Waals surface area contributed by atoms with Gasteiger partial charge in [-0.1, -0.05) is 24.8 Å². The maximum Gasteiger partial charge on any atom is 0.272 e. The summed E-state index contributed by atoms with van der Waals surface area (Å²) in [6.07, 6.45) is 5.40. The van der Waals surface area contributed by atoms with E-state index >= 15 is 0 Å². The van der Waals surface area contributed by atoms with Gasteiger partial charge in [-0.2, -0.15) is 5.10 Å². The molecule has 2 aromatic rings. The number of rotatable bonds is 4. The highest BCUT2D eigenvalue weighted by Gasteiger charge is 2.26. The number of benzene rings is 1. The summed E-state index contributed by atoms with van der Waals surface area (Å²) in [6, 6.07) is 9.41. The summed E-state index contributed by atoms with van der Waals surface area (Å²) in [7, 11) is 0. The van der Waals surface area contributed by atoms with Gasteiger partial charge in [0.25, 0.3) is 5.91 Å². The average molecular weight is 367 g/mol. The molecule has 0 unspecified atom stereocenters. The Kier molecular flexibility index (Phi) is 5.65. The second kappa shape index (κ2) is 8.31. The summed E-state index contributed by atoms with van der Waals surface area (Å²) < 4.78 is 1.59. The third-order valence-electron chi connectivity index (χ3n) is 4.52. The minimum atomic E-state index is -0.440. The van der Waals surface area contributed by atoms with Crippen molar-refractivity contribution in [2.45, 2.75) is 12.8 Å². The number of likely N-dealkylation sites (tertiary alicyclic amines) is 1. The highest BCUT2D eigenvalue weighted by Crippen LogP contribution is 2.17. The largest absolute Gasteiger partial charge is 0.339 e. The van der Waals surface area contributed by atoms with Gasteiger partial charge in [0.1, 0.15) is 0 Å². The molecule has 0 saturated carbocycles. The molecule has 2 N–H and O–H groups in total. The number of nitrogens with one attached hydrogen (secondary N) is 2. The quantitative estimate of drug-likeness (QED) is 0.624. The highest BCUT2D eigenvalue weighted by atomic mass is 16.2. The number of hydrogen-bond donors (Lipinski definition) is 2. The Bertz CT molecular complexity index is 838. The van der Waals surface area contributed by atoms with E-state index in [1.165, 1.54) is 12.3 Å². The Morgan fingerprint density at radius 2 is 1.81 bits per heavy atom. The monoisotopic (exact) mass is 367 g/mol. The van der Waals surface area contributed by atoms with E-state index in [1.54, 1.807) is 15.8 Å². The number of hydrogen-bond acceptors (Lipinski definition) is 4. The van der Waals surface area contributed by atoms with Crippen molar-refractivity contribution in [3.05, 3.63) is 60.9 Å². The molecular weight excluding hydrogens is 346 g/mol. The first-order valence-electron chi connectivity index (χ1n) is 8.70. The van der Waals surface area contributed by atoms with Gasteiger partial charge in [-0.15, -0.1) is 0 Å². The second-order valence-corrected chi connectivity index (χ2v) is 6.26. The van der Waals surface area contributed by atoms with Crippen molar-refractivity contribution >= 4 is 17.7 Å². The SMILES string of the molecule is C=CC(=O)N1CCC(C(=O)NNC(=O)c2cnn(-c3ccccc3)c2)CC1. The average Bonchev–Trinajstić information content (AvgIpc) is 3.22. The van der Waals surface area contributed by atoms with Crippen molar-refractivity contribution < 1.29 is 14.4 Å². The molecule has 2 heterocycles. The fourth-order valence-corrected chi connectivity index (χ4v) is 2.95. The van der Waals surface area contributed by atoms with Gasteiger partial charge >= 0.3 is 0 Å². The molecule has 3 rings (SSSR count). The Hall–Kier alpha value is -3.42. The molecule has 8 nitrogen and oxygen atoms in total. The number of carbonyl (C=O) groups is 3. The first kappa shape index (κ1) is 18.4. The van der Waals surface area contributed by atoms with Crippen molar-refractivity contribution in [3.63, 3.8) is 0 Å². The minimum Gasteiger partial charge on any atom is -0.339 e. The number of nitrogens with zero attached hydrogens (tertiary/aromatic N) is 3. The lowest BCUT2D eigenvalue weighted by atomic mass is 9.96. The predicted octanol–water partition coefficient (Wildman–Crippen LogP) is 1.06. The third-order valence-corrected chi connectivity index (χ3v) is 4.52. The van der Waals surface area contributed by atoms with E-state index in [4.69, 9.17) is 0 Å². The molecule has 0 aliphatic carbocycles. The molecule has 1 aromatic carbocycles. The van der Waals surface area contributed by atoms with Crippen LogP contribution in [0.25, 0.3) is 5.69 Å². The van der Waals surface area contributed by atoms with Crippen LogP contribution in [0.1, 0.15) is 23.2 Å². The van der Waals surface area contributed by atoms with Gasteiger partial charge in [-0.25, -0.2) is 4.68 Å². The van der Waals surface area contributed by atoms with Crippen LogP contribution in [0.15, 0.2) is 55.4 Å². The Labute approximate surface area is 156 Å². The van der Waals surface area contributed by atoms with Gasteiger partial charge in [0, 0.05) is 25.2 Å². The predicted molar refractivity (Wildman–Crippen MR) is 98.7 cm³/mol. The summed E-state index contributed by atoms with van der Waals surface area (Å²) in [5.74, 6) is -1.07. The number of amides is 3. The topological polar surface area (TPSA) is 96.3 Å². The summed E-state index contributed by atoms with van der Waals surface area (Å²) in [5.41, 5.74) is 6.05. The van der Waals surface area contributed by atoms with Crippen LogP contribution in [0.3, 0.4) is 0 Å². The number of para-hydroxylation sites is 1. The molecule has 1 saturated heterocycles. The van der Waals surface area contributed by atoms with Crippen molar-refractivity contribution in [1.29, 1.82) is 0 Å². The van der Waals surface area contributed by atoms with Crippen molar-refractivity contribution in [1.82, 2.24) is 25.5 Å². The molecular formula is C19H21N5O3. The van der Waals surface area contributed by atoms with Crippen molar-refractivity contribution in [2.75, 3.05) is 13.1 Å². The zero-order valence-corrected chi connectivity index (χ0v) is 14.8. The van der Waals surface area contributed by atoms with Crippen LogP contribution >= 0.6 is 0 Å². The third kappa shape index (κ3) is 4.41. The normalized spacial score (nSPS) is 14.4. The van der Waals surface area contributed by atoms with E-state index in [9.17, 15) is 14.4 Å². The molecule has 0 spiro atoms. The lowest BCUT2D eigenvalue weighted by molar-refractivity contribution is -0.132. The summed E-state index contributed by atoms with van der Waals surface area (Å²) in [5, 5.41) is 4.15. The van der Waals surface area contributed by atoms with Crippen LogP contribution in [0, 0.1) is 5.92 Å². The molecule has 1 fully saturated rings. The zero-order valence-electron chi connectivity index (χ0n) is 14.8. The summed E-state index contributed by atoms with van der Waals surface area (Å²) in [4.78, 5) is 37.7. The molecule has 0 atom stereocenters. The maximum absolute atomic E-state index is 12.2. The van der Waals surface area contributed by atoms with Crippen LogP contribution in [-0.2, 0) is 9.59 Å². The Morgan fingerprint density at radius 1 is 1.11 bits per heavy atom. The van der Waals surface area contributed by atoms with Gasteiger partial charge in [0.2, 0.25) is 11.8 Å². The van der Waals surface area contributed by atoms with E-state index in [1.807, 2.05) is 30.3 Å². The number of aromatic nitrogens is 2. The van der Waals surface area contributed by atoms with E-state index in [0.717, 1.165) is 5.69 Å². The van der Waals surface area contributed by atoms with Crippen molar-refractivity contribution in [2.24, 2.45) is 5.92 Å². The molecule has 1 aliphatic rings. The van der Waals surface area contributed by atoms with Gasteiger partial charge in [-0.05, 0) is 31.1 Å². The van der Waals surface area contributed by atoms with Crippen LogP contribution in [0.4, 0.5) is 0 Å².